The molecule has 1 aliphatic heterocycles. The van der Waals surface area contributed by atoms with Crippen molar-refractivity contribution in [3.8, 4) is 0 Å². The number of hydrogen-bond acceptors (Lipinski definition) is 6. The Morgan fingerprint density at radius 3 is 2.59 bits per heavy atom. The van der Waals surface area contributed by atoms with Crippen LogP contribution in [0.2, 0.25) is 0 Å². The number of carbonyl (C=O) groups excluding carboxylic acids is 2. The van der Waals surface area contributed by atoms with Crippen molar-refractivity contribution in [2.45, 2.75) is 38.0 Å². The van der Waals surface area contributed by atoms with Crippen LogP contribution in [-0.4, -0.2) is 63.1 Å². The fourth-order valence-corrected chi connectivity index (χ4v) is 4.06. The highest BCUT2D eigenvalue weighted by molar-refractivity contribution is 5.94. The number of nitrogens with zero attached hydrogens (tertiary/aromatic N) is 6. The second-order valence-electron chi connectivity index (χ2n) is 8.14. The summed E-state index contributed by atoms with van der Waals surface area (Å²) in [4.78, 5) is 34.8. The van der Waals surface area contributed by atoms with Crippen LogP contribution in [0, 0.1) is 0 Å². The third-order valence-corrected chi connectivity index (χ3v) is 6.01. The largest absolute Gasteiger partial charge is 0.419 e. The molecular formula is C22H24F3N7O2. The molecule has 1 saturated heterocycles. The van der Waals surface area contributed by atoms with E-state index in [0.717, 1.165) is 17.8 Å². The summed E-state index contributed by atoms with van der Waals surface area (Å²) in [5, 5.41) is 7.96. The third kappa shape index (κ3) is 5.10. The minimum absolute atomic E-state index is 0.0185. The molecule has 9 nitrogen and oxygen atoms in total. The molecule has 2 amide bonds. The Labute approximate surface area is 193 Å². The first kappa shape index (κ1) is 23.5. The maximum Gasteiger partial charge on any atom is 0.419 e. The molecule has 2 aromatic heterocycles. The number of halogens is 3. The van der Waals surface area contributed by atoms with Crippen molar-refractivity contribution in [1.29, 1.82) is 0 Å². The van der Waals surface area contributed by atoms with Gasteiger partial charge in [0.05, 0.1) is 11.3 Å². The zero-order valence-electron chi connectivity index (χ0n) is 18.5. The Morgan fingerprint density at radius 2 is 1.94 bits per heavy atom. The lowest BCUT2D eigenvalue weighted by Crippen LogP contribution is -2.46. The van der Waals surface area contributed by atoms with Crippen LogP contribution < -0.4 is 10.2 Å². The van der Waals surface area contributed by atoms with Gasteiger partial charge < -0.3 is 15.1 Å². The zero-order valence-corrected chi connectivity index (χ0v) is 18.5. The van der Waals surface area contributed by atoms with Crippen molar-refractivity contribution in [2.75, 3.05) is 30.4 Å². The first-order chi connectivity index (χ1) is 16.3. The first-order valence-electron chi connectivity index (χ1n) is 10.8. The van der Waals surface area contributed by atoms with Gasteiger partial charge in [-0.2, -0.15) is 18.3 Å². The summed E-state index contributed by atoms with van der Waals surface area (Å²) in [6.45, 7) is 1.49. The summed E-state index contributed by atoms with van der Waals surface area (Å²) in [5.41, 5.74) is 0.393. The van der Waals surface area contributed by atoms with E-state index in [-0.39, 0.29) is 24.3 Å². The molecule has 0 unspecified atom stereocenters. The van der Waals surface area contributed by atoms with Gasteiger partial charge in [0, 0.05) is 63.1 Å². The summed E-state index contributed by atoms with van der Waals surface area (Å²) in [5.74, 6) is 0.240. The molecule has 0 bridgehead atoms. The first-order valence-corrected chi connectivity index (χ1v) is 10.8. The Hall–Kier alpha value is -3.70. The predicted octanol–water partition coefficient (Wildman–Crippen LogP) is 2.93. The molecule has 12 heteroatoms. The lowest BCUT2D eigenvalue weighted by atomic mass is 10.0. The molecule has 4 rings (SSSR count). The Bertz CT molecular complexity index is 1160. The number of amides is 2. The van der Waals surface area contributed by atoms with E-state index in [4.69, 9.17) is 0 Å². The average molecular weight is 475 g/mol. The van der Waals surface area contributed by atoms with Crippen molar-refractivity contribution < 1.29 is 22.8 Å². The molecule has 0 spiro atoms. The molecule has 3 aromatic rings. The lowest BCUT2D eigenvalue weighted by molar-refractivity contribution is -0.138. The van der Waals surface area contributed by atoms with Crippen molar-refractivity contribution in [3.05, 3.63) is 42.4 Å². The molecule has 3 heterocycles. The highest BCUT2D eigenvalue weighted by atomic mass is 19.4. The number of rotatable bonds is 7. The molecule has 1 N–H and O–H groups in total. The van der Waals surface area contributed by atoms with Crippen LogP contribution in [0.5, 0.6) is 0 Å². The van der Waals surface area contributed by atoms with Gasteiger partial charge in [-0.15, -0.1) is 0 Å². The second kappa shape index (κ2) is 9.65. The van der Waals surface area contributed by atoms with E-state index < -0.39 is 11.7 Å². The monoisotopic (exact) mass is 475 g/mol. The summed E-state index contributed by atoms with van der Waals surface area (Å²) in [6.07, 6.45) is 1.15. The van der Waals surface area contributed by atoms with E-state index >= 15 is 0 Å². The average Bonchev–Trinajstić information content (AvgIpc) is 3.26. The molecule has 180 valence electrons. The van der Waals surface area contributed by atoms with Crippen molar-refractivity contribution in [3.63, 3.8) is 0 Å². The summed E-state index contributed by atoms with van der Waals surface area (Å²) in [6, 6.07) is 5.49. The molecule has 1 fully saturated rings. The van der Waals surface area contributed by atoms with Gasteiger partial charge in [0.2, 0.25) is 18.3 Å². The standard InChI is InChI=1S/C22H24F3N7O2/c1-30(17-5-8-31(9-6-17)21-26-11-16(12-27-21)22(23,24)25)19(34)7-10-32-13-15-3-2-4-18(28-14-33)20(15)29-32/h2-4,11-14,17H,5-10H2,1H3,(H,28,33). The highest BCUT2D eigenvalue weighted by Crippen LogP contribution is 2.29. The number of aryl methyl sites for hydroxylation is 1. The highest BCUT2D eigenvalue weighted by Gasteiger charge is 2.32. The van der Waals surface area contributed by atoms with Crippen LogP contribution in [0.4, 0.5) is 24.8 Å². The van der Waals surface area contributed by atoms with Gasteiger partial charge in [-0.25, -0.2) is 9.97 Å². The van der Waals surface area contributed by atoms with Crippen LogP contribution >= 0.6 is 0 Å². The minimum Gasteiger partial charge on any atom is -0.343 e. The van der Waals surface area contributed by atoms with Crippen molar-refractivity contribution >= 4 is 34.9 Å². The summed E-state index contributed by atoms with van der Waals surface area (Å²) < 4.78 is 39.8. The fraction of sp³-hybridized carbons (Fsp3) is 0.409. The number of piperidine rings is 1. The molecule has 34 heavy (non-hydrogen) atoms. The summed E-state index contributed by atoms with van der Waals surface area (Å²) in [7, 11) is 1.77. The number of alkyl halides is 3. The van der Waals surface area contributed by atoms with Crippen LogP contribution in [0.15, 0.2) is 36.8 Å². The van der Waals surface area contributed by atoms with Crippen LogP contribution in [0.25, 0.3) is 10.9 Å². The Morgan fingerprint density at radius 1 is 1.24 bits per heavy atom. The second-order valence-corrected chi connectivity index (χ2v) is 8.14. The van der Waals surface area contributed by atoms with E-state index in [1.807, 2.05) is 23.2 Å². The van der Waals surface area contributed by atoms with E-state index in [1.165, 1.54) is 0 Å². The van der Waals surface area contributed by atoms with Crippen LogP contribution in [0.1, 0.15) is 24.8 Å². The zero-order chi connectivity index (χ0) is 24.3. The maximum absolute atomic E-state index is 12.8. The van der Waals surface area contributed by atoms with Gasteiger partial charge in [-0.1, -0.05) is 12.1 Å². The SMILES string of the molecule is CN(C(=O)CCn1cc2cccc(NC=O)c2n1)C1CCN(c2ncc(C(F)(F)F)cn2)CC1. The Kier molecular flexibility index (Phi) is 6.66. The number of carbonyl (C=O) groups is 2. The molecule has 0 atom stereocenters. The molecule has 0 radical (unpaired) electrons. The quantitative estimate of drug-likeness (QED) is 0.528. The summed E-state index contributed by atoms with van der Waals surface area (Å²) >= 11 is 0. The normalized spacial score (nSPS) is 14.9. The van der Waals surface area contributed by atoms with E-state index in [2.05, 4.69) is 20.4 Å². The van der Waals surface area contributed by atoms with Crippen molar-refractivity contribution in [2.24, 2.45) is 0 Å². The van der Waals surface area contributed by atoms with Crippen LogP contribution in [0.3, 0.4) is 0 Å². The third-order valence-electron chi connectivity index (χ3n) is 6.01. The van der Waals surface area contributed by atoms with E-state index in [1.54, 1.807) is 22.7 Å². The van der Waals surface area contributed by atoms with Crippen LogP contribution in [-0.2, 0) is 22.3 Å². The topological polar surface area (TPSA) is 96.2 Å². The maximum atomic E-state index is 12.8. The van der Waals surface area contributed by atoms with Gasteiger partial charge in [0.25, 0.3) is 0 Å². The fourth-order valence-electron chi connectivity index (χ4n) is 4.06. The molecular weight excluding hydrogens is 451 g/mol. The number of hydrogen-bond donors (Lipinski definition) is 1. The minimum atomic E-state index is -4.47. The predicted molar refractivity (Wildman–Crippen MR) is 119 cm³/mol. The number of anilines is 2. The molecule has 0 saturated carbocycles. The molecule has 1 aromatic carbocycles. The number of nitrogens with one attached hydrogen (secondary N) is 1. The number of fused-ring (bicyclic) bond motifs is 1. The van der Waals surface area contributed by atoms with Crippen molar-refractivity contribution in [1.82, 2.24) is 24.6 Å². The smallest absolute Gasteiger partial charge is 0.343 e. The number of aromatic nitrogens is 4. The van der Waals surface area contributed by atoms with E-state index in [9.17, 15) is 22.8 Å². The number of benzene rings is 1. The van der Waals surface area contributed by atoms with Gasteiger partial charge >= 0.3 is 6.18 Å². The van der Waals surface area contributed by atoms with Gasteiger partial charge in [0.15, 0.2) is 0 Å². The molecule has 0 aliphatic carbocycles. The Balaban J connectivity index is 1.30. The van der Waals surface area contributed by atoms with Gasteiger partial charge in [0.1, 0.15) is 5.52 Å². The van der Waals surface area contributed by atoms with E-state index in [0.29, 0.717) is 50.1 Å². The van der Waals surface area contributed by atoms with Gasteiger partial charge in [-0.3, -0.25) is 14.3 Å². The molecule has 1 aliphatic rings. The lowest BCUT2D eigenvalue weighted by Gasteiger charge is -2.36. The van der Waals surface area contributed by atoms with Gasteiger partial charge in [-0.05, 0) is 18.9 Å².